The van der Waals surface area contributed by atoms with Gasteiger partial charge in [-0.05, 0) is 18.2 Å². The molecule has 0 atom stereocenters. The first-order valence-electron chi connectivity index (χ1n) is 7.18. The number of ether oxygens (including phenoxy) is 1. The highest BCUT2D eigenvalue weighted by Crippen LogP contribution is 2.25. The number of hydrogen-bond donors (Lipinski definition) is 1. The molecular formula is C18H14N2O3S. The van der Waals surface area contributed by atoms with Crippen molar-refractivity contribution in [2.75, 3.05) is 12.4 Å². The number of aromatic nitrogens is 1. The number of methoxy groups -OCH3 is 1. The van der Waals surface area contributed by atoms with Gasteiger partial charge in [0.05, 0.1) is 18.9 Å². The number of carbonyl (C=O) groups excluding carboxylic acids is 2. The van der Waals surface area contributed by atoms with Gasteiger partial charge < -0.3 is 10.1 Å². The van der Waals surface area contributed by atoms with Crippen molar-refractivity contribution in [1.29, 1.82) is 0 Å². The third kappa shape index (κ3) is 3.49. The maximum absolute atomic E-state index is 12.4. The minimum Gasteiger partial charge on any atom is -0.465 e. The molecule has 120 valence electrons. The van der Waals surface area contributed by atoms with Crippen LogP contribution in [-0.2, 0) is 4.74 Å². The minimum atomic E-state index is -0.449. The lowest BCUT2D eigenvalue weighted by atomic mass is 10.2. The molecule has 0 bridgehead atoms. The van der Waals surface area contributed by atoms with Gasteiger partial charge in [0.2, 0.25) is 0 Å². The minimum absolute atomic E-state index is 0.267. The Bertz CT molecular complexity index is 875. The summed E-state index contributed by atoms with van der Waals surface area (Å²) >= 11 is 1.31. The van der Waals surface area contributed by atoms with E-state index in [1.165, 1.54) is 18.4 Å². The van der Waals surface area contributed by atoms with Gasteiger partial charge in [0, 0.05) is 11.3 Å². The number of thiazole rings is 1. The van der Waals surface area contributed by atoms with Crippen LogP contribution < -0.4 is 5.32 Å². The molecule has 0 unspecified atom stereocenters. The summed E-state index contributed by atoms with van der Waals surface area (Å²) in [5.74, 6) is -0.716. The van der Waals surface area contributed by atoms with Crippen molar-refractivity contribution in [3.05, 3.63) is 71.2 Å². The Morgan fingerprint density at radius 2 is 1.88 bits per heavy atom. The Morgan fingerprint density at radius 1 is 1.08 bits per heavy atom. The van der Waals surface area contributed by atoms with E-state index in [1.54, 1.807) is 30.5 Å². The number of carbonyl (C=O) groups is 2. The summed E-state index contributed by atoms with van der Waals surface area (Å²) in [5, 5.41) is 3.55. The molecule has 0 fully saturated rings. The van der Waals surface area contributed by atoms with Crippen LogP contribution in [0.3, 0.4) is 0 Å². The molecule has 1 aromatic heterocycles. The van der Waals surface area contributed by atoms with Gasteiger partial charge in [-0.15, -0.1) is 11.3 Å². The standard InChI is InChI=1S/C18H14N2O3S/c1-23-18(22)13-8-5-9-14(10-13)20-16(21)15-11-19-17(24-15)12-6-3-2-4-7-12/h2-11H,1H3,(H,20,21). The summed E-state index contributed by atoms with van der Waals surface area (Å²) in [4.78, 5) is 28.7. The van der Waals surface area contributed by atoms with Crippen molar-refractivity contribution in [2.45, 2.75) is 0 Å². The van der Waals surface area contributed by atoms with Gasteiger partial charge >= 0.3 is 5.97 Å². The van der Waals surface area contributed by atoms with Gasteiger partial charge in [-0.1, -0.05) is 36.4 Å². The zero-order valence-electron chi connectivity index (χ0n) is 12.9. The van der Waals surface area contributed by atoms with Crippen LogP contribution in [0, 0.1) is 0 Å². The average Bonchev–Trinajstić information content (AvgIpc) is 3.12. The van der Waals surface area contributed by atoms with Gasteiger partial charge in [0.25, 0.3) is 5.91 Å². The Hall–Kier alpha value is -2.99. The summed E-state index contributed by atoms with van der Waals surface area (Å²) in [6.07, 6.45) is 1.55. The van der Waals surface area contributed by atoms with Crippen LogP contribution in [0.2, 0.25) is 0 Å². The monoisotopic (exact) mass is 338 g/mol. The zero-order valence-corrected chi connectivity index (χ0v) is 13.7. The summed E-state index contributed by atoms with van der Waals surface area (Å²) in [6, 6.07) is 16.3. The molecule has 1 heterocycles. The highest BCUT2D eigenvalue weighted by atomic mass is 32.1. The van der Waals surface area contributed by atoms with Crippen molar-refractivity contribution in [1.82, 2.24) is 4.98 Å². The quantitative estimate of drug-likeness (QED) is 0.734. The van der Waals surface area contributed by atoms with E-state index < -0.39 is 5.97 Å². The van der Waals surface area contributed by atoms with Crippen LogP contribution in [-0.4, -0.2) is 24.0 Å². The van der Waals surface area contributed by atoms with Gasteiger partial charge in [-0.25, -0.2) is 9.78 Å². The van der Waals surface area contributed by atoms with Crippen molar-refractivity contribution in [3.8, 4) is 10.6 Å². The maximum atomic E-state index is 12.4. The predicted molar refractivity (Wildman–Crippen MR) is 93.3 cm³/mol. The second kappa shape index (κ2) is 7.06. The topological polar surface area (TPSA) is 68.3 Å². The number of nitrogens with zero attached hydrogens (tertiary/aromatic N) is 1. The molecule has 5 nitrogen and oxygen atoms in total. The van der Waals surface area contributed by atoms with Gasteiger partial charge in [-0.3, -0.25) is 4.79 Å². The fourth-order valence-electron chi connectivity index (χ4n) is 2.13. The van der Waals surface area contributed by atoms with Gasteiger partial charge in [0.15, 0.2) is 0 Å². The molecule has 0 saturated carbocycles. The van der Waals surface area contributed by atoms with E-state index in [4.69, 9.17) is 0 Å². The number of amides is 1. The SMILES string of the molecule is COC(=O)c1cccc(NC(=O)c2cnc(-c3ccccc3)s2)c1. The highest BCUT2D eigenvalue weighted by Gasteiger charge is 2.13. The number of nitrogens with one attached hydrogen (secondary N) is 1. The first kappa shape index (κ1) is 15.9. The van der Waals surface area contributed by atoms with Crippen LogP contribution in [0.4, 0.5) is 5.69 Å². The molecule has 3 aromatic rings. The Balaban J connectivity index is 1.76. The first-order chi connectivity index (χ1) is 11.7. The molecule has 2 aromatic carbocycles. The number of rotatable bonds is 4. The van der Waals surface area contributed by atoms with E-state index >= 15 is 0 Å². The van der Waals surface area contributed by atoms with Crippen molar-refractivity contribution in [2.24, 2.45) is 0 Å². The summed E-state index contributed by atoms with van der Waals surface area (Å²) in [7, 11) is 1.32. The second-order valence-corrected chi connectivity index (χ2v) is 5.95. The highest BCUT2D eigenvalue weighted by molar-refractivity contribution is 7.17. The van der Waals surface area contributed by atoms with Gasteiger partial charge in [0.1, 0.15) is 9.88 Å². The average molecular weight is 338 g/mol. The Kier molecular flexibility index (Phi) is 4.67. The molecule has 24 heavy (non-hydrogen) atoms. The maximum Gasteiger partial charge on any atom is 0.337 e. The molecule has 1 N–H and O–H groups in total. The molecule has 0 aliphatic rings. The molecule has 1 amide bonds. The largest absolute Gasteiger partial charge is 0.465 e. The van der Waals surface area contributed by atoms with E-state index in [0.29, 0.717) is 16.1 Å². The summed E-state index contributed by atoms with van der Waals surface area (Å²) in [5.41, 5.74) is 1.87. The molecule has 0 saturated heterocycles. The fourth-order valence-corrected chi connectivity index (χ4v) is 2.94. The fraction of sp³-hybridized carbons (Fsp3) is 0.0556. The summed E-state index contributed by atoms with van der Waals surface area (Å²) < 4.78 is 4.67. The Labute approximate surface area is 142 Å². The van der Waals surface area contributed by atoms with Crippen LogP contribution >= 0.6 is 11.3 Å². The molecule has 6 heteroatoms. The lowest BCUT2D eigenvalue weighted by Gasteiger charge is -2.05. The van der Waals surface area contributed by atoms with E-state index in [-0.39, 0.29) is 5.91 Å². The number of hydrogen-bond acceptors (Lipinski definition) is 5. The lowest BCUT2D eigenvalue weighted by Crippen LogP contribution is -2.11. The van der Waals surface area contributed by atoms with Crippen molar-refractivity contribution in [3.63, 3.8) is 0 Å². The lowest BCUT2D eigenvalue weighted by molar-refractivity contribution is 0.0600. The Morgan fingerprint density at radius 3 is 2.62 bits per heavy atom. The van der Waals surface area contributed by atoms with Crippen LogP contribution in [0.25, 0.3) is 10.6 Å². The molecule has 0 aliphatic heterocycles. The molecule has 3 rings (SSSR count). The summed E-state index contributed by atoms with van der Waals surface area (Å²) in [6.45, 7) is 0. The van der Waals surface area contributed by atoms with E-state index in [2.05, 4.69) is 15.0 Å². The number of anilines is 1. The molecule has 0 aliphatic carbocycles. The third-order valence-corrected chi connectivity index (χ3v) is 4.34. The van der Waals surface area contributed by atoms with Crippen LogP contribution in [0.15, 0.2) is 60.8 Å². The van der Waals surface area contributed by atoms with Crippen LogP contribution in [0.5, 0.6) is 0 Å². The number of esters is 1. The van der Waals surface area contributed by atoms with E-state index in [9.17, 15) is 9.59 Å². The van der Waals surface area contributed by atoms with Crippen LogP contribution in [0.1, 0.15) is 20.0 Å². The van der Waals surface area contributed by atoms with Crippen molar-refractivity contribution >= 4 is 28.9 Å². The molecule has 0 spiro atoms. The zero-order chi connectivity index (χ0) is 16.9. The van der Waals surface area contributed by atoms with Gasteiger partial charge in [-0.2, -0.15) is 0 Å². The van der Waals surface area contributed by atoms with E-state index in [0.717, 1.165) is 10.6 Å². The molecule has 0 radical (unpaired) electrons. The second-order valence-electron chi connectivity index (χ2n) is 4.92. The third-order valence-electron chi connectivity index (χ3n) is 3.29. The normalized spacial score (nSPS) is 10.2. The van der Waals surface area contributed by atoms with Crippen molar-refractivity contribution < 1.29 is 14.3 Å². The number of benzene rings is 2. The first-order valence-corrected chi connectivity index (χ1v) is 8.00. The van der Waals surface area contributed by atoms with E-state index in [1.807, 2.05) is 30.3 Å². The predicted octanol–water partition coefficient (Wildman–Crippen LogP) is 3.85. The molecular weight excluding hydrogens is 324 g/mol. The smallest absolute Gasteiger partial charge is 0.337 e.